The third-order valence-electron chi connectivity index (χ3n) is 7.14. The molecule has 7 nitrogen and oxygen atoms in total. The van der Waals surface area contributed by atoms with Crippen molar-refractivity contribution >= 4 is 22.2 Å². The Bertz CT molecular complexity index is 1750. The van der Waals surface area contributed by atoms with Crippen LogP contribution in [0.25, 0.3) is 10.9 Å². The van der Waals surface area contributed by atoms with Gasteiger partial charge in [-0.15, -0.1) is 16.4 Å². The molecule has 0 aliphatic rings. The highest BCUT2D eigenvalue weighted by molar-refractivity contribution is 7.09. The number of aromatic amines is 1. The lowest BCUT2D eigenvalue weighted by Crippen LogP contribution is -2.36. The molecule has 6 aromatic rings. The maximum atomic E-state index is 13.7. The molecule has 1 unspecified atom stereocenters. The Balaban J connectivity index is 1.48. The van der Waals surface area contributed by atoms with Crippen LogP contribution in [0.1, 0.15) is 39.0 Å². The van der Waals surface area contributed by atoms with Crippen LogP contribution in [0.5, 0.6) is 0 Å². The Labute approximate surface area is 236 Å². The Hall–Kier alpha value is -4.40. The molecule has 6 rings (SSSR count). The van der Waals surface area contributed by atoms with Gasteiger partial charge in [-0.1, -0.05) is 78.4 Å². The van der Waals surface area contributed by atoms with E-state index in [1.54, 1.807) is 11.3 Å². The molecule has 200 valence electrons. The molecule has 0 aliphatic heterocycles. The van der Waals surface area contributed by atoms with Crippen molar-refractivity contribution in [2.45, 2.75) is 32.5 Å². The zero-order valence-electron chi connectivity index (χ0n) is 22.3. The van der Waals surface area contributed by atoms with Gasteiger partial charge in [-0.3, -0.25) is 9.69 Å². The minimum Gasteiger partial charge on any atom is -0.322 e. The summed E-state index contributed by atoms with van der Waals surface area (Å²) < 4.78 is 1.82. The number of aromatic nitrogens is 5. The number of pyridine rings is 1. The van der Waals surface area contributed by atoms with E-state index in [0.29, 0.717) is 24.5 Å². The van der Waals surface area contributed by atoms with Crippen LogP contribution in [0, 0.1) is 6.92 Å². The summed E-state index contributed by atoms with van der Waals surface area (Å²) in [6.07, 6.45) is 0.827. The Morgan fingerprint density at radius 1 is 0.925 bits per heavy atom. The highest BCUT2D eigenvalue weighted by Crippen LogP contribution is 2.30. The van der Waals surface area contributed by atoms with Crippen molar-refractivity contribution in [3.05, 3.63) is 146 Å². The number of nitrogens with one attached hydrogen (secondary N) is 1. The molecule has 3 aromatic carbocycles. The van der Waals surface area contributed by atoms with Gasteiger partial charge in [-0.25, -0.2) is 4.68 Å². The maximum absolute atomic E-state index is 13.7. The molecule has 1 N–H and O–H groups in total. The number of hydrogen-bond acceptors (Lipinski definition) is 6. The predicted octanol–water partition coefficient (Wildman–Crippen LogP) is 5.77. The summed E-state index contributed by atoms with van der Waals surface area (Å²) in [6, 6.07) is 32.4. The van der Waals surface area contributed by atoms with E-state index in [4.69, 9.17) is 0 Å². The maximum Gasteiger partial charge on any atom is 0.253 e. The highest BCUT2D eigenvalue weighted by atomic mass is 32.1. The molecule has 8 heteroatoms. The summed E-state index contributed by atoms with van der Waals surface area (Å²) in [7, 11) is 0. The molecule has 0 fully saturated rings. The largest absolute Gasteiger partial charge is 0.322 e. The van der Waals surface area contributed by atoms with E-state index in [0.717, 1.165) is 35.0 Å². The van der Waals surface area contributed by atoms with Crippen LogP contribution in [0.3, 0.4) is 0 Å². The number of benzene rings is 3. The molecule has 0 saturated heterocycles. The molecule has 3 heterocycles. The first-order valence-electron chi connectivity index (χ1n) is 13.4. The smallest absolute Gasteiger partial charge is 0.253 e. The van der Waals surface area contributed by atoms with Gasteiger partial charge in [0, 0.05) is 29.0 Å². The monoisotopic (exact) mass is 546 g/mol. The normalized spacial score (nSPS) is 12.2. The average molecular weight is 547 g/mol. The number of hydrogen-bond donors (Lipinski definition) is 1. The van der Waals surface area contributed by atoms with Gasteiger partial charge in [-0.2, -0.15) is 0 Å². The second kappa shape index (κ2) is 11.8. The minimum absolute atomic E-state index is 0.133. The minimum atomic E-state index is -0.460. The molecular formula is C32H30N6OS. The lowest BCUT2D eigenvalue weighted by atomic mass is 10.0. The highest BCUT2D eigenvalue weighted by Gasteiger charge is 2.31. The second-order valence-corrected chi connectivity index (χ2v) is 11.0. The first-order chi connectivity index (χ1) is 19.6. The number of aryl methyl sites for hydroxylation is 1. The van der Waals surface area contributed by atoms with Crippen LogP contribution in [0.2, 0.25) is 0 Å². The summed E-state index contributed by atoms with van der Waals surface area (Å²) in [5.74, 6) is 0.644. The average Bonchev–Trinajstić information content (AvgIpc) is 3.66. The van der Waals surface area contributed by atoms with Crippen molar-refractivity contribution in [3.8, 4) is 0 Å². The first kappa shape index (κ1) is 25.9. The van der Waals surface area contributed by atoms with E-state index in [1.807, 2.05) is 47.1 Å². The van der Waals surface area contributed by atoms with Crippen molar-refractivity contribution < 1.29 is 0 Å². The lowest BCUT2D eigenvalue weighted by molar-refractivity contribution is 0.207. The second-order valence-electron chi connectivity index (χ2n) is 10.0. The van der Waals surface area contributed by atoms with Crippen LogP contribution in [0.4, 0.5) is 0 Å². The zero-order chi connectivity index (χ0) is 27.3. The van der Waals surface area contributed by atoms with E-state index in [-0.39, 0.29) is 5.56 Å². The van der Waals surface area contributed by atoms with Gasteiger partial charge in [0.05, 0.1) is 6.54 Å². The van der Waals surface area contributed by atoms with Crippen LogP contribution >= 0.6 is 11.3 Å². The zero-order valence-corrected chi connectivity index (χ0v) is 23.1. The molecule has 0 bridgehead atoms. The Morgan fingerprint density at radius 2 is 1.70 bits per heavy atom. The number of H-pyrrole nitrogens is 1. The number of thiophene rings is 1. The quantitative estimate of drug-likeness (QED) is 0.236. The van der Waals surface area contributed by atoms with Crippen LogP contribution in [-0.2, 0) is 19.5 Å². The van der Waals surface area contributed by atoms with Crippen LogP contribution in [0.15, 0.2) is 107 Å². The SMILES string of the molecule is Cc1ccc2[nH]c(=O)c(C(c3nnnn3Cc3ccccc3)N(CCc3ccccc3)Cc3cccs3)cc2c1. The van der Waals surface area contributed by atoms with Gasteiger partial charge in [0.15, 0.2) is 5.82 Å². The third-order valence-corrected chi connectivity index (χ3v) is 8.00. The Kier molecular flexibility index (Phi) is 7.61. The van der Waals surface area contributed by atoms with Gasteiger partial charge < -0.3 is 4.98 Å². The summed E-state index contributed by atoms with van der Waals surface area (Å²) in [5.41, 5.74) is 4.78. The fraction of sp³-hybridized carbons (Fsp3) is 0.188. The van der Waals surface area contributed by atoms with E-state index >= 15 is 0 Å². The molecule has 0 radical (unpaired) electrons. The van der Waals surface area contributed by atoms with Crippen molar-refractivity contribution in [2.24, 2.45) is 0 Å². The van der Waals surface area contributed by atoms with Gasteiger partial charge in [0.1, 0.15) is 6.04 Å². The fourth-order valence-electron chi connectivity index (χ4n) is 5.14. The van der Waals surface area contributed by atoms with E-state index in [1.165, 1.54) is 10.4 Å². The van der Waals surface area contributed by atoms with Gasteiger partial charge in [0.25, 0.3) is 5.56 Å². The van der Waals surface area contributed by atoms with E-state index in [2.05, 4.69) is 92.3 Å². The molecule has 0 saturated carbocycles. The standard InChI is InChI=1S/C32H30N6OS/c1-23-14-15-29-26(19-23)20-28(32(39)33-29)30(31-34-35-36-38(31)21-25-11-6-3-7-12-25)37(22-27-13-8-18-40-27)17-16-24-9-4-2-5-10-24/h2-15,18-20,30H,16-17,21-22H2,1H3,(H,33,39). The fourth-order valence-corrected chi connectivity index (χ4v) is 5.87. The summed E-state index contributed by atoms with van der Waals surface area (Å²) in [5, 5.41) is 16.1. The number of rotatable bonds is 10. The molecule has 0 amide bonds. The number of tetrazole rings is 1. The molecule has 0 spiro atoms. The third kappa shape index (κ3) is 5.78. The summed E-state index contributed by atoms with van der Waals surface area (Å²) in [4.78, 5) is 20.4. The van der Waals surface area contributed by atoms with Crippen molar-refractivity contribution in [1.29, 1.82) is 0 Å². The summed E-state index contributed by atoms with van der Waals surface area (Å²) in [6.45, 7) is 3.95. The van der Waals surface area contributed by atoms with Crippen LogP contribution < -0.4 is 5.56 Å². The molecular weight excluding hydrogens is 516 g/mol. The molecule has 0 aliphatic carbocycles. The first-order valence-corrected chi connectivity index (χ1v) is 14.3. The van der Waals surface area contributed by atoms with E-state index < -0.39 is 6.04 Å². The van der Waals surface area contributed by atoms with E-state index in [9.17, 15) is 4.79 Å². The predicted molar refractivity (Wildman–Crippen MR) is 159 cm³/mol. The molecule has 3 aromatic heterocycles. The number of nitrogens with zero attached hydrogens (tertiary/aromatic N) is 5. The van der Waals surface area contributed by atoms with Crippen molar-refractivity contribution in [1.82, 2.24) is 30.1 Å². The molecule has 40 heavy (non-hydrogen) atoms. The molecule has 1 atom stereocenters. The van der Waals surface area contributed by atoms with Crippen LogP contribution in [-0.4, -0.2) is 36.6 Å². The summed E-state index contributed by atoms with van der Waals surface area (Å²) >= 11 is 1.71. The van der Waals surface area contributed by atoms with Crippen molar-refractivity contribution in [2.75, 3.05) is 6.54 Å². The number of fused-ring (bicyclic) bond motifs is 1. The lowest BCUT2D eigenvalue weighted by Gasteiger charge is -2.31. The van der Waals surface area contributed by atoms with Gasteiger partial charge in [-0.05, 0) is 69.9 Å². The Morgan fingerprint density at radius 3 is 2.45 bits per heavy atom. The van der Waals surface area contributed by atoms with Gasteiger partial charge >= 0.3 is 0 Å². The topological polar surface area (TPSA) is 79.7 Å². The van der Waals surface area contributed by atoms with Crippen molar-refractivity contribution in [3.63, 3.8) is 0 Å². The van der Waals surface area contributed by atoms with Gasteiger partial charge in [0.2, 0.25) is 0 Å².